The van der Waals surface area contributed by atoms with Gasteiger partial charge in [0.1, 0.15) is 0 Å². The van der Waals surface area contributed by atoms with Crippen molar-refractivity contribution in [3.63, 3.8) is 0 Å². The summed E-state index contributed by atoms with van der Waals surface area (Å²) in [7, 11) is 0. The molecule has 2 atom stereocenters. The zero-order chi connectivity index (χ0) is 8.97. The highest BCUT2D eigenvalue weighted by Crippen LogP contribution is 2.08. The van der Waals surface area contributed by atoms with Crippen molar-refractivity contribution in [3.8, 4) is 0 Å². The van der Waals surface area contributed by atoms with E-state index in [9.17, 15) is 4.79 Å². The summed E-state index contributed by atoms with van der Waals surface area (Å²) in [5.74, 6) is -0.888. The Kier molecular flexibility index (Phi) is 3.49. The van der Waals surface area contributed by atoms with Gasteiger partial charge < -0.3 is 15.2 Å². The lowest BCUT2D eigenvalue weighted by Crippen LogP contribution is -2.38. The Labute approximate surface area is 71.9 Å². The summed E-state index contributed by atoms with van der Waals surface area (Å²) in [4.78, 5) is 10.4. The first kappa shape index (κ1) is 9.48. The van der Waals surface area contributed by atoms with Crippen molar-refractivity contribution in [1.82, 2.24) is 5.32 Å². The maximum atomic E-state index is 10.4. The molecule has 12 heavy (non-hydrogen) atoms. The van der Waals surface area contributed by atoms with Gasteiger partial charge in [-0.1, -0.05) is 0 Å². The van der Waals surface area contributed by atoms with E-state index in [-0.39, 0.29) is 6.10 Å². The molecular weight excluding hydrogens is 158 g/mol. The van der Waals surface area contributed by atoms with Crippen LogP contribution in [-0.2, 0) is 9.53 Å². The van der Waals surface area contributed by atoms with Crippen LogP contribution in [0.3, 0.4) is 0 Å². The molecular formula is C8H15NO3. The van der Waals surface area contributed by atoms with Crippen LogP contribution in [0.2, 0.25) is 0 Å². The van der Waals surface area contributed by atoms with Crippen molar-refractivity contribution < 1.29 is 14.6 Å². The molecule has 0 bridgehead atoms. The third kappa shape index (κ3) is 2.79. The Morgan fingerprint density at radius 1 is 1.75 bits per heavy atom. The van der Waals surface area contributed by atoms with E-state index >= 15 is 0 Å². The Bertz CT molecular complexity index is 154. The Morgan fingerprint density at radius 2 is 2.50 bits per heavy atom. The molecule has 2 N–H and O–H groups in total. The van der Waals surface area contributed by atoms with Gasteiger partial charge in [0.2, 0.25) is 0 Å². The lowest BCUT2D eigenvalue weighted by atomic mass is 10.1. The molecule has 0 spiro atoms. The van der Waals surface area contributed by atoms with Gasteiger partial charge in [0, 0.05) is 6.54 Å². The number of rotatable bonds is 3. The van der Waals surface area contributed by atoms with Crippen LogP contribution >= 0.6 is 0 Å². The molecule has 0 aromatic heterocycles. The lowest BCUT2D eigenvalue weighted by molar-refractivity contribution is -0.153. The number of carbonyl (C=O) groups is 1. The minimum absolute atomic E-state index is 0.0739. The molecule has 1 fully saturated rings. The summed E-state index contributed by atoms with van der Waals surface area (Å²) < 4.78 is 5.29. The Morgan fingerprint density at radius 3 is 3.00 bits per heavy atom. The second-order valence-corrected chi connectivity index (χ2v) is 3.08. The quantitative estimate of drug-likeness (QED) is 0.641. The van der Waals surface area contributed by atoms with Crippen molar-refractivity contribution in [2.24, 2.45) is 0 Å². The SMILES string of the molecule is C[C@H](O[C@@H]1CCCNC1)C(=O)O. The minimum atomic E-state index is -0.888. The van der Waals surface area contributed by atoms with E-state index in [4.69, 9.17) is 9.84 Å². The van der Waals surface area contributed by atoms with Gasteiger partial charge >= 0.3 is 5.97 Å². The average molecular weight is 173 g/mol. The van der Waals surface area contributed by atoms with Crippen LogP contribution < -0.4 is 5.32 Å². The molecule has 1 aliphatic rings. The molecule has 1 saturated heterocycles. The van der Waals surface area contributed by atoms with Gasteiger partial charge in [0.05, 0.1) is 6.10 Å². The predicted molar refractivity (Wildman–Crippen MR) is 44.1 cm³/mol. The first-order chi connectivity index (χ1) is 5.70. The summed E-state index contributed by atoms with van der Waals surface area (Å²) in [6, 6.07) is 0. The monoisotopic (exact) mass is 173 g/mol. The number of nitrogens with one attached hydrogen (secondary N) is 1. The van der Waals surface area contributed by atoms with Crippen LogP contribution in [0, 0.1) is 0 Å². The van der Waals surface area contributed by atoms with Gasteiger partial charge in [-0.2, -0.15) is 0 Å². The normalized spacial score (nSPS) is 26.6. The van der Waals surface area contributed by atoms with Crippen LogP contribution in [0.25, 0.3) is 0 Å². The zero-order valence-electron chi connectivity index (χ0n) is 7.25. The Balaban J connectivity index is 2.24. The smallest absolute Gasteiger partial charge is 0.332 e. The van der Waals surface area contributed by atoms with Gasteiger partial charge in [-0.25, -0.2) is 4.79 Å². The van der Waals surface area contributed by atoms with Crippen LogP contribution in [0.5, 0.6) is 0 Å². The van der Waals surface area contributed by atoms with E-state index in [0.29, 0.717) is 0 Å². The first-order valence-corrected chi connectivity index (χ1v) is 4.29. The zero-order valence-corrected chi connectivity index (χ0v) is 7.25. The largest absolute Gasteiger partial charge is 0.479 e. The van der Waals surface area contributed by atoms with Crippen molar-refractivity contribution in [2.45, 2.75) is 32.0 Å². The summed E-state index contributed by atoms with van der Waals surface area (Å²) in [6.07, 6.45) is 1.42. The Hall–Kier alpha value is -0.610. The maximum Gasteiger partial charge on any atom is 0.332 e. The van der Waals surface area contributed by atoms with Gasteiger partial charge in [-0.05, 0) is 26.3 Å². The molecule has 0 aromatic rings. The molecule has 0 unspecified atom stereocenters. The number of aliphatic carboxylic acids is 1. The van der Waals surface area contributed by atoms with E-state index in [0.717, 1.165) is 25.9 Å². The number of carboxylic acids is 1. The van der Waals surface area contributed by atoms with Crippen LogP contribution in [-0.4, -0.2) is 36.4 Å². The molecule has 70 valence electrons. The number of carboxylic acid groups (broad SMARTS) is 1. The number of piperidine rings is 1. The van der Waals surface area contributed by atoms with Crippen molar-refractivity contribution in [1.29, 1.82) is 0 Å². The standard InChI is InChI=1S/C8H15NO3/c1-6(8(10)11)12-7-3-2-4-9-5-7/h6-7,9H,2-5H2,1H3,(H,10,11)/t6-,7+/m0/s1. The molecule has 1 rings (SSSR count). The maximum absolute atomic E-state index is 10.4. The highest BCUT2D eigenvalue weighted by Gasteiger charge is 2.19. The summed E-state index contributed by atoms with van der Waals surface area (Å²) in [6.45, 7) is 3.36. The molecule has 0 saturated carbocycles. The molecule has 1 heterocycles. The molecule has 1 aliphatic heterocycles. The summed E-state index contributed by atoms with van der Waals surface area (Å²) in [5.41, 5.74) is 0. The topological polar surface area (TPSA) is 58.6 Å². The summed E-state index contributed by atoms with van der Waals surface area (Å²) >= 11 is 0. The van der Waals surface area contributed by atoms with Crippen LogP contribution in [0.1, 0.15) is 19.8 Å². The predicted octanol–water partition coefficient (Wildman–Crippen LogP) is 0.228. The van der Waals surface area contributed by atoms with Crippen LogP contribution in [0.15, 0.2) is 0 Å². The third-order valence-corrected chi connectivity index (χ3v) is 2.00. The average Bonchev–Trinajstić information content (AvgIpc) is 2.06. The number of hydrogen-bond donors (Lipinski definition) is 2. The molecule has 0 aliphatic carbocycles. The molecule has 0 radical (unpaired) electrons. The molecule has 4 nitrogen and oxygen atoms in total. The van der Waals surface area contributed by atoms with E-state index in [1.54, 1.807) is 6.92 Å². The highest BCUT2D eigenvalue weighted by atomic mass is 16.5. The van der Waals surface area contributed by atoms with Crippen molar-refractivity contribution in [2.75, 3.05) is 13.1 Å². The lowest BCUT2D eigenvalue weighted by Gasteiger charge is -2.24. The highest BCUT2D eigenvalue weighted by molar-refractivity contribution is 5.71. The minimum Gasteiger partial charge on any atom is -0.479 e. The van der Waals surface area contributed by atoms with Crippen molar-refractivity contribution >= 4 is 5.97 Å². The van der Waals surface area contributed by atoms with Crippen molar-refractivity contribution in [3.05, 3.63) is 0 Å². The summed E-state index contributed by atoms with van der Waals surface area (Å²) in [5, 5.41) is 11.7. The van der Waals surface area contributed by atoms with Gasteiger partial charge in [-0.3, -0.25) is 0 Å². The van der Waals surface area contributed by atoms with E-state index in [2.05, 4.69) is 5.32 Å². The molecule has 0 amide bonds. The fourth-order valence-corrected chi connectivity index (χ4v) is 1.28. The second kappa shape index (κ2) is 4.42. The van der Waals surface area contributed by atoms with Gasteiger partial charge in [-0.15, -0.1) is 0 Å². The molecule has 0 aromatic carbocycles. The molecule has 4 heteroatoms. The fourth-order valence-electron chi connectivity index (χ4n) is 1.28. The second-order valence-electron chi connectivity index (χ2n) is 3.08. The third-order valence-electron chi connectivity index (χ3n) is 2.00. The number of ether oxygens (including phenoxy) is 1. The van der Waals surface area contributed by atoms with Gasteiger partial charge in [0.15, 0.2) is 6.10 Å². The first-order valence-electron chi connectivity index (χ1n) is 4.29. The van der Waals surface area contributed by atoms with E-state index in [1.807, 2.05) is 0 Å². The fraction of sp³-hybridized carbons (Fsp3) is 0.875. The van der Waals surface area contributed by atoms with E-state index in [1.165, 1.54) is 0 Å². The van der Waals surface area contributed by atoms with E-state index < -0.39 is 12.1 Å². The number of hydrogen-bond acceptors (Lipinski definition) is 3. The van der Waals surface area contributed by atoms with Gasteiger partial charge in [0.25, 0.3) is 0 Å². The van der Waals surface area contributed by atoms with Crippen LogP contribution in [0.4, 0.5) is 0 Å².